The highest BCUT2D eigenvalue weighted by molar-refractivity contribution is 5.94. The van der Waals surface area contributed by atoms with Crippen molar-refractivity contribution < 1.29 is 19.7 Å². The first-order valence-corrected chi connectivity index (χ1v) is 20.7. The second kappa shape index (κ2) is 15.3. The minimum absolute atomic E-state index is 0.120. The molecule has 3 aromatic carbocycles. The number of aliphatic hydroxyl groups is 1. The molecule has 15 heteroatoms. The van der Waals surface area contributed by atoms with Crippen LogP contribution in [0.15, 0.2) is 104 Å². The number of nitrogens with two attached hydrogens (primary N) is 2. The number of benzene rings is 3. The number of ether oxygens (including phenoxy) is 1. The number of nitrogens with one attached hydrogen (secondary N) is 1. The summed E-state index contributed by atoms with van der Waals surface area (Å²) in [5.41, 5.74) is 20.4. The fourth-order valence-electron chi connectivity index (χ4n) is 9.25. The van der Waals surface area contributed by atoms with Gasteiger partial charge in [0.25, 0.3) is 0 Å². The minimum Gasteiger partial charge on any atom is -0.495 e. The molecule has 2 saturated carbocycles. The summed E-state index contributed by atoms with van der Waals surface area (Å²) in [6.45, 7) is 1.87. The minimum atomic E-state index is -0.722. The zero-order chi connectivity index (χ0) is 42.7. The van der Waals surface area contributed by atoms with Gasteiger partial charge in [-0.25, -0.2) is 29.4 Å². The third kappa shape index (κ3) is 6.89. The molecule has 0 radical (unpaired) electrons. The predicted molar refractivity (Wildman–Crippen MR) is 238 cm³/mol. The van der Waals surface area contributed by atoms with Crippen LogP contribution < -0.4 is 16.2 Å². The number of aromatic amines is 1. The number of methoxy groups -OCH3 is 1. The van der Waals surface area contributed by atoms with Crippen LogP contribution in [-0.4, -0.2) is 72.8 Å². The van der Waals surface area contributed by atoms with Crippen molar-refractivity contribution in [3.63, 3.8) is 0 Å². The average Bonchev–Trinajstić information content (AvgIpc) is 4.01. The number of aliphatic carboxylic acids is 1. The van der Waals surface area contributed by atoms with Crippen molar-refractivity contribution in [2.24, 2.45) is 5.92 Å². The maximum Gasteiger partial charge on any atom is 0.306 e. The van der Waals surface area contributed by atoms with Crippen molar-refractivity contribution in [1.82, 2.24) is 43.9 Å². The molecule has 9 aromatic rings. The Bertz CT molecular complexity index is 3140. The second-order valence-corrected chi connectivity index (χ2v) is 16.6. The molecule has 6 aromatic heterocycles. The van der Waals surface area contributed by atoms with Gasteiger partial charge >= 0.3 is 5.97 Å². The lowest BCUT2D eigenvalue weighted by Gasteiger charge is -2.40. The van der Waals surface area contributed by atoms with Gasteiger partial charge in [-0.15, -0.1) is 0 Å². The smallest absolute Gasteiger partial charge is 0.306 e. The highest BCUT2D eigenvalue weighted by atomic mass is 16.5. The molecule has 2 aliphatic carbocycles. The molecule has 7 N–H and O–H groups in total. The number of carboxylic acid groups (broad SMARTS) is 1. The Morgan fingerprint density at radius 2 is 1.56 bits per heavy atom. The van der Waals surface area contributed by atoms with Crippen LogP contribution in [0.3, 0.4) is 0 Å². The highest BCUT2D eigenvalue weighted by Crippen LogP contribution is 2.46. The summed E-state index contributed by atoms with van der Waals surface area (Å²) < 4.78 is 9.24. The molecule has 312 valence electrons. The topological polar surface area (TPSA) is 221 Å². The summed E-state index contributed by atoms with van der Waals surface area (Å²) in [6.07, 6.45) is 9.16. The number of pyridine rings is 1. The van der Waals surface area contributed by atoms with E-state index in [9.17, 15) is 15.0 Å². The lowest BCUT2D eigenvalue weighted by Crippen LogP contribution is -2.40. The zero-order valence-corrected chi connectivity index (χ0v) is 34.2. The molecule has 0 saturated heterocycles. The lowest BCUT2D eigenvalue weighted by atomic mass is 9.72. The van der Waals surface area contributed by atoms with Gasteiger partial charge in [-0.1, -0.05) is 60.7 Å². The number of H-pyrrole nitrogens is 1. The molecule has 2 aliphatic rings. The first-order valence-electron chi connectivity index (χ1n) is 20.7. The second-order valence-electron chi connectivity index (χ2n) is 16.6. The molecule has 11 rings (SSSR count). The van der Waals surface area contributed by atoms with Gasteiger partial charge in [0, 0.05) is 46.1 Å². The molecule has 62 heavy (non-hydrogen) atoms. The molecule has 15 nitrogen and oxygen atoms in total. The predicted octanol–water partition coefficient (Wildman–Crippen LogP) is 8.04. The van der Waals surface area contributed by atoms with Crippen molar-refractivity contribution in [3.05, 3.63) is 115 Å². The quantitative estimate of drug-likeness (QED) is 0.103. The van der Waals surface area contributed by atoms with E-state index in [2.05, 4.69) is 56.4 Å². The summed E-state index contributed by atoms with van der Waals surface area (Å²) in [7, 11) is 1.64. The van der Waals surface area contributed by atoms with Crippen LogP contribution in [0, 0.1) is 5.92 Å². The summed E-state index contributed by atoms with van der Waals surface area (Å²) in [5, 5.41) is 26.0. The van der Waals surface area contributed by atoms with Crippen LogP contribution in [0.25, 0.3) is 66.7 Å². The molecular formula is C47H45N11O4. The van der Waals surface area contributed by atoms with Crippen LogP contribution in [0.2, 0.25) is 0 Å². The van der Waals surface area contributed by atoms with Crippen LogP contribution >= 0.6 is 0 Å². The van der Waals surface area contributed by atoms with Gasteiger partial charge in [0.05, 0.1) is 41.1 Å². The van der Waals surface area contributed by atoms with Crippen molar-refractivity contribution in [2.45, 2.75) is 62.9 Å². The van der Waals surface area contributed by atoms with Crippen LogP contribution in [0.4, 0.5) is 11.6 Å². The van der Waals surface area contributed by atoms with E-state index < -0.39 is 11.6 Å². The fourth-order valence-corrected chi connectivity index (χ4v) is 9.25. The zero-order valence-electron chi connectivity index (χ0n) is 34.2. The molecule has 2 fully saturated rings. The number of carboxylic acids is 1. The summed E-state index contributed by atoms with van der Waals surface area (Å²) in [4.78, 5) is 38.0. The number of rotatable bonds is 7. The monoisotopic (exact) mass is 827 g/mol. The Morgan fingerprint density at radius 3 is 2.32 bits per heavy atom. The fraction of sp³-hybridized carbons (Fsp3) is 0.255. The van der Waals surface area contributed by atoms with E-state index in [1.165, 1.54) is 6.33 Å². The number of anilines is 2. The summed E-state index contributed by atoms with van der Waals surface area (Å²) in [6, 6.07) is 28.4. The third-order valence-corrected chi connectivity index (χ3v) is 12.4. The van der Waals surface area contributed by atoms with Crippen molar-refractivity contribution in [3.8, 4) is 39.7 Å². The van der Waals surface area contributed by atoms with Crippen molar-refractivity contribution in [1.29, 1.82) is 0 Å². The average molecular weight is 828 g/mol. The molecule has 0 spiro atoms. The van der Waals surface area contributed by atoms with Crippen LogP contribution in [0.5, 0.6) is 5.75 Å². The van der Waals surface area contributed by atoms with E-state index in [1.54, 1.807) is 17.8 Å². The number of para-hydroxylation sites is 1. The van der Waals surface area contributed by atoms with E-state index in [4.69, 9.17) is 31.2 Å². The summed E-state index contributed by atoms with van der Waals surface area (Å²) >= 11 is 0. The van der Waals surface area contributed by atoms with Gasteiger partial charge in [0.1, 0.15) is 52.0 Å². The van der Waals surface area contributed by atoms with Gasteiger partial charge in [-0.3, -0.25) is 9.20 Å². The first-order chi connectivity index (χ1) is 30.0. The number of aromatic nitrogens is 9. The molecule has 0 aliphatic heterocycles. The van der Waals surface area contributed by atoms with Gasteiger partial charge in [0.15, 0.2) is 5.82 Å². The molecule has 0 unspecified atom stereocenters. The maximum atomic E-state index is 11.3. The SMILES string of the molecule is CC1(O)CC(c2nc(-c3ccc4ccc(-c5ccccc5)nc4c3)c3c(N)nccn23)C1.COc1cccc2cc(-c3nc(C4CCC(C(=O)O)CC4)n4ncnc(N)c34)[nH]c12. The Hall–Kier alpha value is -7.39. The number of hydrogen-bond donors (Lipinski definition) is 5. The molecule has 0 atom stereocenters. The molecule has 6 heterocycles. The number of hydrogen-bond acceptors (Lipinski definition) is 11. The Morgan fingerprint density at radius 1 is 0.806 bits per heavy atom. The molecule has 0 amide bonds. The molecule has 0 bridgehead atoms. The maximum absolute atomic E-state index is 11.3. The Balaban J connectivity index is 0.000000148. The summed E-state index contributed by atoms with van der Waals surface area (Å²) in [5.74, 6) is 2.56. The third-order valence-electron chi connectivity index (χ3n) is 12.4. The van der Waals surface area contributed by atoms with Gasteiger partial charge < -0.3 is 31.4 Å². The normalized spacial score (nSPS) is 20.0. The van der Waals surface area contributed by atoms with Gasteiger partial charge in [-0.05, 0) is 69.7 Å². The van der Waals surface area contributed by atoms with Gasteiger partial charge in [-0.2, -0.15) is 5.10 Å². The standard InChI is InChI=1S/C26H23N5O.C21H22N6O3/c1-26(32)14-19(15-26)25-30-22(23-24(27)28-11-12-31(23)25)18-8-7-17-9-10-20(29-21(17)13-18)16-5-3-2-4-6-16;1-30-15-4-2-3-13-9-14(25-16(13)15)17-18-19(22)23-10-24-27(18)20(26-17)11-5-7-12(8-6-11)21(28)29/h2-13,19,32H,14-15H2,1H3,(H2,27,28);2-4,9-12,25H,5-8H2,1H3,(H,28,29)(H2,22,23,24). The van der Waals surface area contributed by atoms with Gasteiger partial charge in [0.2, 0.25) is 0 Å². The van der Waals surface area contributed by atoms with E-state index in [-0.39, 0.29) is 17.8 Å². The number of nitrogens with zero attached hydrogens (tertiary/aromatic N) is 8. The first kappa shape index (κ1) is 38.8. The van der Waals surface area contributed by atoms with E-state index >= 15 is 0 Å². The van der Waals surface area contributed by atoms with Crippen LogP contribution in [0.1, 0.15) is 68.9 Å². The molecular weight excluding hydrogens is 783 g/mol. The van der Waals surface area contributed by atoms with Crippen molar-refractivity contribution in [2.75, 3.05) is 18.6 Å². The van der Waals surface area contributed by atoms with E-state index in [1.807, 2.05) is 66.1 Å². The van der Waals surface area contributed by atoms with Crippen LogP contribution in [-0.2, 0) is 4.79 Å². The number of carbonyl (C=O) groups is 1. The number of nitrogen functional groups attached to an aromatic ring is 2. The number of imidazole rings is 2. The highest BCUT2D eigenvalue weighted by Gasteiger charge is 2.42. The Kier molecular flexibility index (Phi) is 9.55. The van der Waals surface area contributed by atoms with E-state index in [0.29, 0.717) is 48.5 Å². The largest absolute Gasteiger partial charge is 0.495 e. The van der Waals surface area contributed by atoms with Crippen molar-refractivity contribution >= 4 is 50.4 Å². The van der Waals surface area contributed by atoms with E-state index in [0.717, 1.165) is 85.8 Å². The number of fused-ring (bicyclic) bond motifs is 4. The Labute approximate surface area is 355 Å². The lowest BCUT2D eigenvalue weighted by molar-refractivity contribution is -0.142.